The molecule has 0 saturated heterocycles. The van der Waals surface area contributed by atoms with E-state index in [-0.39, 0.29) is 6.42 Å². The molecule has 1 heterocycles. The number of unbranched alkanes of at least 4 members (excludes halogenated alkanes) is 4. The van der Waals surface area contributed by atoms with Crippen LogP contribution >= 0.6 is 0 Å². The molecule has 2 aromatic rings. The van der Waals surface area contributed by atoms with E-state index in [0.29, 0.717) is 56.9 Å². The molecule has 0 aliphatic heterocycles. The first-order chi connectivity index (χ1) is 16.6. The predicted molar refractivity (Wildman–Crippen MR) is 129 cm³/mol. The molecule has 1 aromatic heterocycles. The summed E-state index contributed by atoms with van der Waals surface area (Å²) in [6.45, 7) is 7.69. The molecule has 34 heavy (non-hydrogen) atoms. The van der Waals surface area contributed by atoms with Gasteiger partial charge in [0.2, 0.25) is 17.6 Å². The van der Waals surface area contributed by atoms with Crippen LogP contribution in [0.4, 0.5) is 5.69 Å². The third kappa shape index (κ3) is 11.5. The number of amides is 1. The molecule has 0 spiro atoms. The predicted octanol–water partition coefficient (Wildman–Crippen LogP) is 4.35. The molecule has 0 unspecified atom stereocenters. The molecule has 188 valence electrons. The highest BCUT2D eigenvalue weighted by Crippen LogP contribution is 2.20. The molecule has 1 amide bonds. The van der Waals surface area contributed by atoms with Crippen molar-refractivity contribution in [1.29, 1.82) is 0 Å². The number of benzene rings is 1. The highest BCUT2D eigenvalue weighted by molar-refractivity contribution is 6.40. The summed E-state index contributed by atoms with van der Waals surface area (Å²) in [5.41, 5.74) is 1.29. The zero-order chi connectivity index (χ0) is 24.4. The Morgan fingerprint density at radius 1 is 0.824 bits per heavy atom. The van der Waals surface area contributed by atoms with Crippen molar-refractivity contribution in [3.05, 3.63) is 30.2 Å². The van der Waals surface area contributed by atoms with Gasteiger partial charge in [-0.05, 0) is 43.5 Å². The van der Waals surface area contributed by atoms with Gasteiger partial charge in [0.1, 0.15) is 0 Å². The Labute approximate surface area is 201 Å². The van der Waals surface area contributed by atoms with Crippen molar-refractivity contribution in [2.45, 2.75) is 58.8 Å². The third-order valence-electron chi connectivity index (χ3n) is 5.00. The first-order valence-electron chi connectivity index (χ1n) is 12.1. The van der Waals surface area contributed by atoms with Gasteiger partial charge in [0, 0.05) is 37.8 Å². The molecule has 9 heteroatoms. The van der Waals surface area contributed by atoms with E-state index in [1.807, 2.05) is 0 Å². The van der Waals surface area contributed by atoms with E-state index in [1.54, 1.807) is 31.2 Å². The molecule has 0 saturated carbocycles. The molecule has 1 aromatic carbocycles. The molecule has 0 radical (unpaired) electrons. The maximum atomic E-state index is 12.1. The van der Waals surface area contributed by atoms with Crippen LogP contribution in [-0.4, -0.2) is 61.5 Å². The number of ketones is 1. The zero-order valence-electron chi connectivity index (χ0n) is 20.3. The van der Waals surface area contributed by atoms with Gasteiger partial charge in [0.05, 0.1) is 26.4 Å². The summed E-state index contributed by atoms with van der Waals surface area (Å²) in [5, 5.41) is 10.4. The smallest absolute Gasteiger partial charge is 0.291 e. The van der Waals surface area contributed by atoms with E-state index >= 15 is 0 Å². The van der Waals surface area contributed by atoms with E-state index in [1.165, 1.54) is 0 Å². The Morgan fingerprint density at radius 3 is 2.06 bits per heavy atom. The summed E-state index contributed by atoms with van der Waals surface area (Å²) in [6, 6.07) is 6.91. The van der Waals surface area contributed by atoms with Gasteiger partial charge in [-0.1, -0.05) is 26.2 Å². The summed E-state index contributed by atoms with van der Waals surface area (Å²) in [7, 11) is 0. The van der Waals surface area contributed by atoms with E-state index in [0.717, 1.165) is 44.3 Å². The maximum Gasteiger partial charge on any atom is 0.291 e. The second-order valence-corrected chi connectivity index (χ2v) is 7.94. The summed E-state index contributed by atoms with van der Waals surface area (Å²) in [6.07, 6.45) is 5.91. The van der Waals surface area contributed by atoms with Crippen molar-refractivity contribution >= 4 is 17.4 Å². The van der Waals surface area contributed by atoms with E-state index in [2.05, 4.69) is 22.4 Å². The summed E-state index contributed by atoms with van der Waals surface area (Å²) >= 11 is 0. The summed E-state index contributed by atoms with van der Waals surface area (Å²) in [4.78, 5) is 24.2. The van der Waals surface area contributed by atoms with Crippen molar-refractivity contribution < 1.29 is 28.2 Å². The number of rotatable bonds is 19. The van der Waals surface area contributed by atoms with E-state index in [4.69, 9.17) is 18.6 Å². The zero-order valence-corrected chi connectivity index (χ0v) is 20.3. The van der Waals surface area contributed by atoms with Crippen LogP contribution in [0.15, 0.2) is 28.7 Å². The number of aromatic nitrogens is 2. The number of nitrogens with one attached hydrogen (secondary N) is 1. The van der Waals surface area contributed by atoms with Crippen molar-refractivity contribution in [2.75, 3.05) is 45.0 Å². The van der Waals surface area contributed by atoms with Crippen molar-refractivity contribution in [3.63, 3.8) is 0 Å². The first kappa shape index (κ1) is 27.6. The second kappa shape index (κ2) is 16.9. The number of aryl methyl sites for hydroxylation is 1. The Kier molecular flexibility index (Phi) is 13.7. The van der Waals surface area contributed by atoms with Crippen LogP contribution < -0.4 is 5.32 Å². The summed E-state index contributed by atoms with van der Waals surface area (Å²) in [5.74, 6) is -0.118. The van der Waals surface area contributed by atoms with Crippen LogP contribution in [0.2, 0.25) is 0 Å². The number of Topliss-reactive ketones (excluding diaryl/α,β-unsaturated/α-hetero) is 1. The van der Waals surface area contributed by atoms with Crippen LogP contribution in [0.3, 0.4) is 0 Å². The Hall–Kier alpha value is -2.62. The fourth-order valence-corrected chi connectivity index (χ4v) is 3.06. The van der Waals surface area contributed by atoms with E-state index < -0.39 is 11.7 Å². The minimum atomic E-state index is -0.597. The van der Waals surface area contributed by atoms with Crippen LogP contribution in [0.5, 0.6) is 0 Å². The average molecular weight is 476 g/mol. The minimum absolute atomic E-state index is 0.236. The van der Waals surface area contributed by atoms with Crippen molar-refractivity contribution in [2.24, 2.45) is 0 Å². The molecule has 0 atom stereocenters. The van der Waals surface area contributed by atoms with E-state index in [9.17, 15) is 9.59 Å². The molecule has 0 fully saturated rings. The van der Waals surface area contributed by atoms with Gasteiger partial charge in [-0.3, -0.25) is 9.59 Å². The molecule has 2 rings (SSSR count). The van der Waals surface area contributed by atoms with Crippen molar-refractivity contribution in [1.82, 2.24) is 10.2 Å². The highest BCUT2D eigenvalue weighted by Gasteiger charge is 2.14. The minimum Gasteiger partial charge on any atom is -0.421 e. The average Bonchev–Trinajstić information content (AvgIpc) is 3.28. The fraction of sp³-hybridized carbons (Fsp3) is 0.600. The van der Waals surface area contributed by atoms with Crippen LogP contribution in [0.1, 0.15) is 57.8 Å². The number of hydrogen-bond donors (Lipinski definition) is 1. The topological polar surface area (TPSA) is 113 Å². The lowest BCUT2D eigenvalue weighted by Gasteiger charge is -2.07. The number of anilines is 1. The molecular weight excluding hydrogens is 438 g/mol. The number of hydrogen-bond acceptors (Lipinski definition) is 8. The summed E-state index contributed by atoms with van der Waals surface area (Å²) < 4.78 is 21.8. The van der Waals surface area contributed by atoms with Crippen LogP contribution in [0, 0.1) is 6.92 Å². The van der Waals surface area contributed by atoms with Crippen LogP contribution in [-0.2, 0) is 23.8 Å². The fourth-order valence-electron chi connectivity index (χ4n) is 3.06. The lowest BCUT2D eigenvalue weighted by molar-refractivity contribution is -0.134. The molecule has 1 N–H and O–H groups in total. The van der Waals surface area contributed by atoms with Crippen LogP contribution in [0.25, 0.3) is 11.5 Å². The molecule has 9 nitrogen and oxygen atoms in total. The molecule has 0 aliphatic rings. The Bertz CT molecular complexity index is 837. The standard InChI is InChI=1S/C25H37N3O6/c1-3-4-14-31-16-18-33-19-17-32-15-8-6-5-7-9-23(29)24(30)26-22-12-10-21(11-13-22)25-28-27-20(2)34-25/h10-13H,3-9,14-19H2,1-2H3,(H,26,30). The van der Waals surface area contributed by atoms with Gasteiger partial charge in [0.15, 0.2) is 0 Å². The van der Waals surface area contributed by atoms with Gasteiger partial charge in [0.25, 0.3) is 5.91 Å². The highest BCUT2D eigenvalue weighted by atomic mass is 16.5. The quantitative estimate of drug-likeness (QED) is 0.236. The lowest BCUT2D eigenvalue weighted by Crippen LogP contribution is -2.22. The maximum absolute atomic E-state index is 12.1. The molecule has 0 bridgehead atoms. The molecule has 0 aliphatic carbocycles. The Balaban J connectivity index is 1.45. The molecular formula is C25H37N3O6. The van der Waals surface area contributed by atoms with Gasteiger partial charge < -0.3 is 23.9 Å². The number of carbonyl (C=O) groups is 2. The second-order valence-electron chi connectivity index (χ2n) is 7.94. The normalized spacial score (nSPS) is 11.0. The first-order valence-corrected chi connectivity index (χ1v) is 12.1. The monoisotopic (exact) mass is 475 g/mol. The van der Waals surface area contributed by atoms with Gasteiger partial charge >= 0.3 is 0 Å². The van der Waals surface area contributed by atoms with Gasteiger partial charge in [-0.15, -0.1) is 10.2 Å². The van der Waals surface area contributed by atoms with Gasteiger partial charge in [-0.2, -0.15) is 0 Å². The largest absolute Gasteiger partial charge is 0.421 e. The SMILES string of the molecule is CCCCOCCOCCOCCCCCCC(=O)C(=O)Nc1ccc(-c2nnc(C)o2)cc1. The third-order valence-corrected chi connectivity index (χ3v) is 5.00. The van der Waals surface area contributed by atoms with Gasteiger partial charge in [-0.25, -0.2) is 0 Å². The Morgan fingerprint density at radius 2 is 1.44 bits per heavy atom. The van der Waals surface area contributed by atoms with Crippen molar-refractivity contribution in [3.8, 4) is 11.5 Å². The number of ether oxygens (including phenoxy) is 3. The lowest BCUT2D eigenvalue weighted by atomic mass is 10.1. The number of carbonyl (C=O) groups excluding carboxylic acids is 2. The number of nitrogens with zero attached hydrogens (tertiary/aromatic N) is 2.